The van der Waals surface area contributed by atoms with Crippen LogP contribution in [-0.4, -0.2) is 35.1 Å². The van der Waals surface area contributed by atoms with E-state index in [2.05, 4.69) is 25.6 Å². The molecule has 0 saturated carbocycles. The van der Waals surface area contributed by atoms with Crippen LogP contribution in [0.3, 0.4) is 0 Å². The van der Waals surface area contributed by atoms with Crippen molar-refractivity contribution in [2.24, 2.45) is 0 Å². The number of carbonyl (C=O) groups excluding carboxylic acids is 1. The number of hydrogen-bond acceptors (Lipinski definition) is 8. The zero-order chi connectivity index (χ0) is 23.7. The molecule has 3 aromatic carbocycles. The molecule has 0 atom stereocenters. The summed E-state index contributed by atoms with van der Waals surface area (Å²) in [5, 5.41) is 7.69. The predicted octanol–water partition coefficient (Wildman–Crippen LogP) is 5.56. The van der Waals surface area contributed by atoms with Crippen LogP contribution in [0, 0.1) is 6.92 Å². The van der Waals surface area contributed by atoms with E-state index in [0.29, 0.717) is 33.7 Å². The van der Waals surface area contributed by atoms with Crippen LogP contribution >= 0.6 is 11.3 Å². The number of carbonyl (C=O) groups is 1. The van der Waals surface area contributed by atoms with Gasteiger partial charge in [-0.2, -0.15) is 0 Å². The van der Waals surface area contributed by atoms with Gasteiger partial charge in [-0.3, -0.25) is 4.79 Å². The van der Waals surface area contributed by atoms with E-state index in [-0.39, 0.29) is 5.91 Å². The van der Waals surface area contributed by atoms with Crippen molar-refractivity contribution in [2.75, 3.05) is 24.9 Å². The number of rotatable bonds is 6. The zero-order valence-electron chi connectivity index (χ0n) is 18.7. The number of methoxy groups -OCH3 is 2. The highest BCUT2D eigenvalue weighted by Gasteiger charge is 2.13. The number of thiazole rings is 1. The molecule has 0 aliphatic rings. The van der Waals surface area contributed by atoms with E-state index in [9.17, 15) is 4.79 Å². The number of amides is 1. The van der Waals surface area contributed by atoms with Gasteiger partial charge in [0.05, 0.1) is 30.0 Å². The first-order valence-electron chi connectivity index (χ1n) is 10.5. The molecule has 1 amide bonds. The van der Waals surface area contributed by atoms with E-state index >= 15 is 0 Å². The number of anilines is 3. The smallest absolute Gasteiger partial charge is 0.255 e. The number of nitrogens with zero attached hydrogens (tertiary/aromatic N) is 3. The Morgan fingerprint density at radius 2 is 1.68 bits per heavy atom. The molecule has 0 bridgehead atoms. The maximum absolute atomic E-state index is 12.6. The molecule has 5 rings (SSSR count). The van der Waals surface area contributed by atoms with E-state index in [1.54, 1.807) is 14.2 Å². The van der Waals surface area contributed by atoms with Crippen LogP contribution in [0.5, 0.6) is 11.5 Å². The van der Waals surface area contributed by atoms with Crippen molar-refractivity contribution in [3.63, 3.8) is 0 Å². The Morgan fingerprint density at radius 3 is 2.44 bits per heavy atom. The molecule has 0 fully saturated rings. The monoisotopic (exact) mass is 471 g/mol. The van der Waals surface area contributed by atoms with Gasteiger partial charge in [0.2, 0.25) is 0 Å². The van der Waals surface area contributed by atoms with Crippen LogP contribution in [-0.2, 0) is 0 Å². The van der Waals surface area contributed by atoms with Gasteiger partial charge < -0.3 is 20.1 Å². The Kier molecular flexibility index (Phi) is 5.69. The minimum atomic E-state index is -0.154. The number of hydrogen-bond donors (Lipinski definition) is 2. The molecule has 2 N–H and O–H groups in total. The molecule has 0 spiro atoms. The van der Waals surface area contributed by atoms with Crippen molar-refractivity contribution in [3.05, 3.63) is 72.1 Å². The lowest BCUT2D eigenvalue weighted by atomic mass is 10.1. The fourth-order valence-corrected chi connectivity index (χ4v) is 4.45. The van der Waals surface area contributed by atoms with Crippen LogP contribution < -0.4 is 20.1 Å². The van der Waals surface area contributed by atoms with Crippen molar-refractivity contribution in [1.29, 1.82) is 0 Å². The third-order valence-corrected chi connectivity index (χ3v) is 6.26. The summed E-state index contributed by atoms with van der Waals surface area (Å²) in [6, 6.07) is 16.7. The molecule has 170 valence electrons. The molecule has 0 aliphatic carbocycles. The Morgan fingerprint density at radius 1 is 0.912 bits per heavy atom. The van der Waals surface area contributed by atoms with E-state index in [1.807, 2.05) is 61.5 Å². The van der Waals surface area contributed by atoms with Gasteiger partial charge in [-0.05, 0) is 43.3 Å². The topological polar surface area (TPSA) is 98.3 Å². The van der Waals surface area contributed by atoms with E-state index < -0.39 is 0 Å². The third-order valence-electron chi connectivity index (χ3n) is 5.33. The molecule has 0 saturated heterocycles. The highest BCUT2D eigenvalue weighted by Crippen LogP contribution is 2.36. The Bertz CT molecular complexity index is 1520. The summed E-state index contributed by atoms with van der Waals surface area (Å²) in [6.45, 7) is 1.99. The van der Waals surface area contributed by atoms with E-state index in [1.165, 1.54) is 17.7 Å². The number of aryl methyl sites for hydroxylation is 1. The summed E-state index contributed by atoms with van der Waals surface area (Å²) in [4.78, 5) is 25.9. The van der Waals surface area contributed by atoms with Crippen LogP contribution in [0.15, 0.2) is 60.9 Å². The van der Waals surface area contributed by atoms with Gasteiger partial charge in [-0.15, -0.1) is 0 Å². The molecule has 2 heterocycles. The quantitative estimate of drug-likeness (QED) is 0.334. The number of nitrogens with one attached hydrogen (secondary N) is 2. The lowest BCUT2D eigenvalue weighted by Crippen LogP contribution is -2.11. The maximum atomic E-state index is 12.6. The first-order chi connectivity index (χ1) is 16.5. The molecule has 0 aliphatic heterocycles. The van der Waals surface area contributed by atoms with E-state index in [4.69, 9.17) is 9.47 Å². The van der Waals surface area contributed by atoms with Crippen LogP contribution in [0.1, 0.15) is 15.9 Å². The fraction of sp³-hybridized carbons (Fsp3) is 0.120. The third kappa shape index (κ3) is 4.20. The lowest BCUT2D eigenvalue weighted by Gasteiger charge is -2.10. The van der Waals surface area contributed by atoms with Crippen LogP contribution in [0.25, 0.3) is 21.1 Å². The highest BCUT2D eigenvalue weighted by atomic mass is 32.1. The molecular formula is C25H21N5O3S. The molecule has 0 radical (unpaired) electrons. The second-order valence-corrected chi connectivity index (χ2v) is 8.62. The number of fused-ring (bicyclic) bond motifs is 2. The highest BCUT2D eigenvalue weighted by molar-refractivity contribution is 7.22. The SMILES string of the molecule is COc1cc2ncnc(Nc3nc4ccc(NC(=O)c5ccc(C)cc5)cc4s3)c2cc1OC. The van der Waals surface area contributed by atoms with Gasteiger partial charge in [0.15, 0.2) is 16.6 Å². The fourth-order valence-electron chi connectivity index (χ4n) is 3.55. The maximum Gasteiger partial charge on any atom is 0.255 e. The number of aromatic nitrogens is 3. The first-order valence-corrected chi connectivity index (χ1v) is 11.3. The average molecular weight is 472 g/mol. The van der Waals surface area contributed by atoms with Crippen molar-refractivity contribution in [2.45, 2.75) is 6.92 Å². The first kappa shape index (κ1) is 21.6. The minimum absolute atomic E-state index is 0.154. The van der Waals surface area contributed by atoms with Gasteiger partial charge in [0.25, 0.3) is 5.91 Å². The van der Waals surface area contributed by atoms with Gasteiger partial charge in [-0.1, -0.05) is 29.0 Å². The molecule has 34 heavy (non-hydrogen) atoms. The van der Waals surface area contributed by atoms with Crippen molar-refractivity contribution < 1.29 is 14.3 Å². The zero-order valence-corrected chi connectivity index (χ0v) is 19.6. The van der Waals surface area contributed by atoms with Gasteiger partial charge in [0.1, 0.15) is 12.1 Å². The molecule has 2 aromatic heterocycles. The molecule has 0 unspecified atom stereocenters. The standard InChI is InChI=1S/C25H21N5O3S/c1-14-4-6-15(7-5-14)24(31)28-16-8-9-18-22(10-16)34-25(29-18)30-23-17-11-20(32-2)21(33-3)12-19(17)26-13-27-23/h4-13H,1-3H3,(H,28,31)(H,26,27,29,30). The average Bonchev–Trinajstić information content (AvgIpc) is 3.25. The normalized spacial score (nSPS) is 10.9. The number of ether oxygens (including phenoxy) is 2. The molecule has 5 aromatic rings. The lowest BCUT2D eigenvalue weighted by molar-refractivity contribution is 0.102. The Hall–Kier alpha value is -4.24. The van der Waals surface area contributed by atoms with Crippen LogP contribution in [0.2, 0.25) is 0 Å². The van der Waals surface area contributed by atoms with Crippen molar-refractivity contribution in [3.8, 4) is 11.5 Å². The second-order valence-electron chi connectivity index (χ2n) is 7.59. The molecule has 9 heteroatoms. The van der Waals surface area contributed by atoms with Gasteiger partial charge in [-0.25, -0.2) is 15.0 Å². The van der Waals surface area contributed by atoms with Crippen molar-refractivity contribution >= 4 is 55.0 Å². The summed E-state index contributed by atoms with van der Waals surface area (Å²) >= 11 is 1.47. The number of benzene rings is 3. The summed E-state index contributed by atoms with van der Waals surface area (Å²) in [6.07, 6.45) is 1.49. The van der Waals surface area contributed by atoms with Crippen LogP contribution in [0.4, 0.5) is 16.6 Å². The van der Waals surface area contributed by atoms with Gasteiger partial charge in [0, 0.05) is 22.7 Å². The largest absolute Gasteiger partial charge is 0.493 e. The van der Waals surface area contributed by atoms with Gasteiger partial charge >= 0.3 is 0 Å². The molecule has 8 nitrogen and oxygen atoms in total. The summed E-state index contributed by atoms with van der Waals surface area (Å²) < 4.78 is 11.7. The Balaban J connectivity index is 1.41. The molecular weight excluding hydrogens is 450 g/mol. The predicted molar refractivity (Wildman–Crippen MR) is 135 cm³/mol. The minimum Gasteiger partial charge on any atom is -0.493 e. The van der Waals surface area contributed by atoms with E-state index in [0.717, 1.165) is 26.7 Å². The second kappa shape index (κ2) is 8.95. The summed E-state index contributed by atoms with van der Waals surface area (Å²) in [7, 11) is 3.17. The Labute approximate surface area is 199 Å². The summed E-state index contributed by atoms with van der Waals surface area (Å²) in [5.41, 5.74) is 3.96. The summed E-state index contributed by atoms with van der Waals surface area (Å²) in [5.74, 6) is 1.64. The van der Waals surface area contributed by atoms with Crippen molar-refractivity contribution in [1.82, 2.24) is 15.0 Å².